The summed E-state index contributed by atoms with van der Waals surface area (Å²) in [6.45, 7) is 2.20. The molecule has 0 spiro atoms. The normalized spacial score (nSPS) is 9.92. The van der Waals surface area contributed by atoms with E-state index in [9.17, 15) is 0 Å². The molecule has 0 amide bonds. The molecule has 1 heteroatoms. The second-order valence-corrected chi connectivity index (χ2v) is 4.64. The van der Waals surface area contributed by atoms with Crippen LogP contribution in [-0.4, -0.2) is 9.52 Å². The van der Waals surface area contributed by atoms with Crippen LogP contribution in [0.5, 0.6) is 0 Å². The second kappa shape index (κ2) is 6.51. The largest absolute Gasteiger partial charge is 0.137 e. The molecule has 0 fully saturated rings. The summed E-state index contributed by atoms with van der Waals surface area (Å²) in [6, 6.07) is 10.6. The third-order valence-corrected chi connectivity index (χ3v) is 3.22. The standard InChI is InChI=1S/C12H16Si/c1-2-3-4-8-11-13-12-9-6-5-7-10-12/h5-7,9-10H,2-4,13H2,1H3. The zero-order chi connectivity index (χ0) is 9.36. The van der Waals surface area contributed by atoms with Crippen LogP contribution in [0.2, 0.25) is 0 Å². The Kier molecular flexibility index (Phi) is 5.04. The maximum atomic E-state index is 3.33. The first-order valence-corrected chi connectivity index (χ1v) is 6.34. The molecule has 0 aliphatic rings. The summed E-state index contributed by atoms with van der Waals surface area (Å²) in [5.41, 5.74) is 3.33. The van der Waals surface area contributed by atoms with Crippen LogP contribution in [0, 0.1) is 11.5 Å². The highest BCUT2D eigenvalue weighted by Gasteiger charge is 1.85. The molecule has 1 rings (SSSR count). The highest BCUT2D eigenvalue weighted by atomic mass is 28.2. The van der Waals surface area contributed by atoms with E-state index < -0.39 is 0 Å². The Morgan fingerprint density at radius 2 is 2.00 bits per heavy atom. The number of benzene rings is 1. The molecule has 0 N–H and O–H groups in total. The topological polar surface area (TPSA) is 0 Å². The van der Waals surface area contributed by atoms with Crippen LogP contribution in [0.4, 0.5) is 0 Å². The van der Waals surface area contributed by atoms with Crippen molar-refractivity contribution in [3.8, 4) is 11.5 Å². The highest BCUT2D eigenvalue weighted by molar-refractivity contribution is 6.61. The summed E-state index contributed by atoms with van der Waals surface area (Å²) in [7, 11) is -0.300. The van der Waals surface area contributed by atoms with Gasteiger partial charge in [0.2, 0.25) is 0 Å². The molecule has 0 atom stereocenters. The predicted molar refractivity (Wildman–Crippen MR) is 61.9 cm³/mol. The van der Waals surface area contributed by atoms with Crippen molar-refractivity contribution >= 4 is 14.7 Å². The van der Waals surface area contributed by atoms with E-state index in [2.05, 4.69) is 48.7 Å². The van der Waals surface area contributed by atoms with Crippen molar-refractivity contribution in [1.82, 2.24) is 0 Å². The lowest BCUT2D eigenvalue weighted by atomic mass is 10.3. The van der Waals surface area contributed by atoms with Gasteiger partial charge in [-0.15, -0.1) is 11.5 Å². The van der Waals surface area contributed by atoms with E-state index in [1.165, 1.54) is 18.0 Å². The maximum absolute atomic E-state index is 3.33. The van der Waals surface area contributed by atoms with Gasteiger partial charge in [-0.25, -0.2) is 0 Å². The second-order valence-electron chi connectivity index (χ2n) is 3.12. The van der Waals surface area contributed by atoms with Crippen LogP contribution in [0.15, 0.2) is 30.3 Å². The first kappa shape index (κ1) is 10.1. The molecule has 0 saturated heterocycles. The summed E-state index contributed by atoms with van der Waals surface area (Å²) in [4.78, 5) is 0. The van der Waals surface area contributed by atoms with Crippen molar-refractivity contribution in [3.05, 3.63) is 30.3 Å². The van der Waals surface area contributed by atoms with Gasteiger partial charge in [-0.3, -0.25) is 0 Å². The molecule has 0 saturated carbocycles. The smallest absolute Gasteiger partial charge is 0.134 e. The van der Waals surface area contributed by atoms with E-state index >= 15 is 0 Å². The minimum absolute atomic E-state index is 0.300. The third-order valence-electron chi connectivity index (χ3n) is 1.92. The molecular weight excluding hydrogens is 172 g/mol. The Balaban J connectivity index is 2.29. The molecule has 0 aromatic heterocycles. The van der Waals surface area contributed by atoms with E-state index in [0.717, 1.165) is 6.42 Å². The summed E-state index contributed by atoms with van der Waals surface area (Å²) in [5, 5.41) is 1.45. The van der Waals surface area contributed by atoms with Crippen molar-refractivity contribution < 1.29 is 0 Å². The van der Waals surface area contributed by atoms with Crippen molar-refractivity contribution in [2.24, 2.45) is 0 Å². The van der Waals surface area contributed by atoms with Gasteiger partial charge in [0.1, 0.15) is 9.52 Å². The fourth-order valence-electron chi connectivity index (χ4n) is 1.11. The monoisotopic (exact) mass is 188 g/mol. The Labute approximate surface area is 83.2 Å². The van der Waals surface area contributed by atoms with Crippen LogP contribution >= 0.6 is 0 Å². The third kappa shape index (κ3) is 4.54. The molecule has 68 valence electrons. The fraction of sp³-hybridized carbons (Fsp3) is 0.333. The predicted octanol–water partition coefficient (Wildman–Crippen LogP) is 1.63. The molecule has 13 heavy (non-hydrogen) atoms. The molecule has 0 bridgehead atoms. The molecule has 1 aromatic carbocycles. The van der Waals surface area contributed by atoms with Gasteiger partial charge in [-0.1, -0.05) is 48.9 Å². The van der Waals surface area contributed by atoms with Crippen molar-refractivity contribution in [2.45, 2.75) is 26.2 Å². The van der Waals surface area contributed by atoms with Crippen molar-refractivity contribution in [3.63, 3.8) is 0 Å². The Morgan fingerprint density at radius 3 is 2.69 bits per heavy atom. The summed E-state index contributed by atoms with van der Waals surface area (Å²) in [5.74, 6) is 3.25. The van der Waals surface area contributed by atoms with Gasteiger partial charge >= 0.3 is 0 Å². The van der Waals surface area contributed by atoms with Crippen LogP contribution in [0.3, 0.4) is 0 Å². The molecule has 0 nitrogen and oxygen atoms in total. The average molecular weight is 188 g/mol. The maximum Gasteiger partial charge on any atom is 0.137 e. The van der Waals surface area contributed by atoms with Gasteiger partial charge in [-0.2, -0.15) is 0 Å². The fourth-order valence-corrected chi connectivity index (χ4v) is 2.13. The average Bonchev–Trinajstić information content (AvgIpc) is 2.19. The first-order valence-electron chi connectivity index (χ1n) is 4.93. The lowest BCUT2D eigenvalue weighted by Crippen LogP contribution is -2.10. The Bertz CT molecular complexity index is 279. The Morgan fingerprint density at radius 1 is 1.23 bits per heavy atom. The zero-order valence-corrected chi connectivity index (χ0v) is 9.63. The minimum Gasteiger partial charge on any atom is -0.134 e. The number of hydrogen-bond acceptors (Lipinski definition) is 0. The SMILES string of the molecule is CCCCC#C[SiH2]c1ccccc1. The van der Waals surface area contributed by atoms with Gasteiger partial charge in [-0.05, 0) is 6.42 Å². The van der Waals surface area contributed by atoms with Crippen LogP contribution in [-0.2, 0) is 0 Å². The molecule has 0 heterocycles. The summed E-state index contributed by atoms with van der Waals surface area (Å²) >= 11 is 0. The van der Waals surface area contributed by atoms with Gasteiger partial charge in [0.25, 0.3) is 0 Å². The Hall–Kier alpha value is -1.00. The quantitative estimate of drug-likeness (QED) is 0.384. The molecular formula is C12H16Si. The van der Waals surface area contributed by atoms with E-state index in [0.29, 0.717) is 0 Å². The number of unbranched alkanes of at least 4 members (excludes halogenated alkanes) is 2. The van der Waals surface area contributed by atoms with Crippen molar-refractivity contribution in [1.29, 1.82) is 0 Å². The van der Waals surface area contributed by atoms with E-state index in [4.69, 9.17) is 0 Å². The first-order chi connectivity index (χ1) is 6.43. The van der Waals surface area contributed by atoms with Crippen LogP contribution in [0.25, 0.3) is 0 Å². The van der Waals surface area contributed by atoms with Gasteiger partial charge < -0.3 is 0 Å². The lowest BCUT2D eigenvalue weighted by Gasteiger charge is -1.90. The number of hydrogen-bond donors (Lipinski definition) is 0. The van der Waals surface area contributed by atoms with E-state index in [1.54, 1.807) is 0 Å². The summed E-state index contributed by atoms with van der Waals surface area (Å²) in [6.07, 6.45) is 3.58. The molecule has 0 unspecified atom stereocenters. The highest BCUT2D eigenvalue weighted by Crippen LogP contribution is 1.89. The summed E-state index contributed by atoms with van der Waals surface area (Å²) < 4.78 is 0. The van der Waals surface area contributed by atoms with E-state index in [1.807, 2.05) is 0 Å². The van der Waals surface area contributed by atoms with Gasteiger partial charge in [0.05, 0.1) is 0 Å². The molecule has 1 aromatic rings. The molecule has 0 aliphatic heterocycles. The molecule has 0 radical (unpaired) electrons. The molecule has 0 aliphatic carbocycles. The van der Waals surface area contributed by atoms with Gasteiger partial charge in [0, 0.05) is 6.42 Å². The van der Waals surface area contributed by atoms with Crippen LogP contribution < -0.4 is 5.19 Å². The van der Waals surface area contributed by atoms with Gasteiger partial charge in [0.15, 0.2) is 0 Å². The zero-order valence-electron chi connectivity index (χ0n) is 8.22. The van der Waals surface area contributed by atoms with Crippen molar-refractivity contribution in [2.75, 3.05) is 0 Å². The number of rotatable bonds is 3. The lowest BCUT2D eigenvalue weighted by molar-refractivity contribution is 0.828. The van der Waals surface area contributed by atoms with Crippen LogP contribution in [0.1, 0.15) is 26.2 Å². The van der Waals surface area contributed by atoms with E-state index in [-0.39, 0.29) is 9.52 Å². The minimum atomic E-state index is -0.300.